The molecule has 1 saturated heterocycles. The molecule has 1 aromatic rings. The summed E-state index contributed by atoms with van der Waals surface area (Å²) in [7, 11) is 0. The van der Waals surface area contributed by atoms with Gasteiger partial charge in [0.05, 0.1) is 24.7 Å². The van der Waals surface area contributed by atoms with Crippen LogP contribution in [0.25, 0.3) is 0 Å². The standard InChI is InChI=1S/C15H23N3O/c1-3-13(4-1)12-19-15-9-14(10-17-11-15)18-7-2-5-16-6-8-18/h9-11,13,16H,1-8,12H2. The van der Waals surface area contributed by atoms with Crippen LogP contribution in [0.3, 0.4) is 0 Å². The molecule has 1 saturated carbocycles. The number of nitrogens with zero attached hydrogens (tertiary/aromatic N) is 2. The van der Waals surface area contributed by atoms with Gasteiger partial charge in [-0.3, -0.25) is 4.98 Å². The predicted octanol–water partition coefficient (Wildman–Crippen LogP) is 2.06. The zero-order valence-electron chi connectivity index (χ0n) is 11.5. The molecule has 0 amide bonds. The number of ether oxygens (including phenoxy) is 1. The second kappa shape index (κ2) is 6.24. The average Bonchev–Trinajstić information content (AvgIpc) is 2.66. The van der Waals surface area contributed by atoms with E-state index in [1.165, 1.54) is 31.4 Å². The molecular weight excluding hydrogens is 238 g/mol. The van der Waals surface area contributed by atoms with E-state index in [0.29, 0.717) is 0 Å². The van der Waals surface area contributed by atoms with E-state index in [2.05, 4.69) is 21.3 Å². The lowest BCUT2D eigenvalue weighted by Crippen LogP contribution is -2.28. The van der Waals surface area contributed by atoms with Gasteiger partial charge in [-0.1, -0.05) is 6.42 Å². The smallest absolute Gasteiger partial charge is 0.139 e. The van der Waals surface area contributed by atoms with Gasteiger partial charge in [0.25, 0.3) is 0 Å². The summed E-state index contributed by atoms with van der Waals surface area (Å²) in [5.74, 6) is 1.69. The van der Waals surface area contributed by atoms with Gasteiger partial charge in [0.15, 0.2) is 0 Å². The lowest BCUT2D eigenvalue weighted by Gasteiger charge is -2.26. The first kappa shape index (κ1) is 12.7. The molecule has 2 heterocycles. The fraction of sp³-hybridized carbons (Fsp3) is 0.667. The van der Waals surface area contributed by atoms with Crippen molar-refractivity contribution >= 4 is 5.69 Å². The topological polar surface area (TPSA) is 37.4 Å². The van der Waals surface area contributed by atoms with E-state index in [1.54, 1.807) is 0 Å². The second-order valence-electron chi connectivity index (χ2n) is 5.58. The monoisotopic (exact) mass is 261 g/mol. The van der Waals surface area contributed by atoms with Crippen molar-refractivity contribution in [3.63, 3.8) is 0 Å². The third-order valence-corrected chi connectivity index (χ3v) is 4.11. The number of pyridine rings is 1. The number of hydrogen-bond donors (Lipinski definition) is 1. The van der Waals surface area contributed by atoms with E-state index in [0.717, 1.165) is 44.5 Å². The van der Waals surface area contributed by atoms with Gasteiger partial charge < -0.3 is 15.0 Å². The molecular formula is C15H23N3O. The molecule has 0 atom stereocenters. The summed E-state index contributed by atoms with van der Waals surface area (Å²) >= 11 is 0. The Morgan fingerprint density at radius 1 is 1.21 bits per heavy atom. The maximum absolute atomic E-state index is 5.87. The Morgan fingerprint density at radius 3 is 3.00 bits per heavy atom. The molecule has 3 rings (SSSR count). The Bertz CT molecular complexity index is 398. The fourth-order valence-corrected chi connectivity index (χ4v) is 2.64. The number of aromatic nitrogens is 1. The Labute approximate surface area is 115 Å². The minimum absolute atomic E-state index is 0.769. The molecule has 4 nitrogen and oxygen atoms in total. The molecule has 2 aliphatic rings. The Balaban J connectivity index is 1.60. The molecule has 1 aromatic heterocycles. The molecule has 1 aliphatic heterocycles. The Kier molecular flexibility index (Phi) is 4.18. The fourth-order valence-electron chi connectivity index (χ4n) is 2.64. The molecule has 19 heavy (non-hydrogen) atoms. The normalized spacial score (nSPS) is 20.7. The van der Waals surface area contributed by atoms with Crippen molar-refractivity contribution in [3.05, 3.63) is 18.5 Å². The first-order chi connectivity index (χ1) is 9.42. The Morgan fingerprint density at radius 2 is 2.16 bits per heavy atom. The highest BCUT2D eigenvalue weighted by atomic mass is 16.5. The van der Waals surface area contributed by atoms with Crippen molar-refractivity contribution < 1.29 is 4.74 Å². The van der Waals surface area contributed by atoms with Crippen LogP contribution in [0.15, 0.2) is 18.5 Å². The minimum Gasteiger partial charge on any atom is -0.492 e. The highest BCUT2D eigenvalue weighted by molar-refractivity contribution is 5.48. The van der Waals surface area contributed by atoms with Gasteiger partial charge in [-0.05, 0) is 31.7 Å². The van der Waals surface area contributed by atoms with E-state index in [9.17, 15) is 0 Å². The molecule has 4 heteroatoms. The molecule has 0 unspecified atom stereocenters. The summed E-state index contributed by atoms with van der Waals surface area (Å²) in [5.41, 5.74) is 1.19. The van der Waals surface area contributed by atoms with E-state index < -0.39 is 0 Å². The van der Waals surface area contributed by atoms with Crippen LogP contribution in [-0.2, 0) is 0 Å². The van der Waals surface area contributed by atoms with Crippen molar-refractivity contribution in [1.29, 1.82) is 0 Å². The first-order valence-electron chi connectivity index (χ1n) is 7.45. The minimum atomic E-state index is 0.769. The van der Waals surface area contributed by atoms with Crippen LogP contribution in [0.1, 0.15) is 25.7 Å². The molecule has 1 aliphatic carbocycles. The van der Waals surface area contributed by atoms with Gasteiger partial charge in [0.1, 0.15) is 5.75 Å². The first-order valence-corrected chi connectivity index (χ1v) is 7.45. The molecule has 104 valence electrons. The van der Waals surface area contributed by atoms with Crippen LogP contribution in [0.4, 0.5) is 5.69 Å². The number of anilines is 1. The molecule has 0 bridgehead atoms. The number of nitrogens with one attached hydrogen (secondary N) is 1. The van der Waals surface area contributed by atoms with Crippen LogP contribution in [0.2, 0.25) is 0 Å². The summed E-state index contributed by atoms with van der Waals surface area (Å²) in [6.45, 7) is 5.16. The van der Waals surface area contributed by atoms with Crippen molar-refractivity contribution in [3.8, 4) is 5.75 Å². The van der Waals surface area contributed by atoms with Crippen LogP contribution in [-0.4, -0.2) is 37.8 Å². The van der Waals surface area contributed by atoms with E-state index in [4.69, 9.17) is 4.74 Å². The maximum atomic E-state index is 5.87. The van der Waals surface area contributed by atoms with E-state index >= 15 is 0 Å². The van der Waals surface area contributed by atoms with Crippen LogP contribution < -0.4 is 15.0 Å². The summed E-state index contributed by atoms with van der Waals surface area (Å²) in [5, 5.41) is 3.42. The lowest BCUT2D eigenvalue weighted by atomic mass is 9.86. The molecule has 1 N–H and O–H groups in total. The van der Waals surface area contributed by atoms with Gasteiger partial charge in [-0.2, -0.15) is 0 Å². The summed E-state index contributed by atoms with van der Waals surface area (Å²) in [6, 6.07) is 2.14. The Hall–Kier alpha value is -1.29. The quantitative estimate of drug-likeness (QED) is 0.900. The third kappa shape index (κ3) is 3.38. The van der Waals surface area contributed by atoms with Crippen LogP contribution in [0, 0.1) is 5.92 Å². The SMILES string of the molecule is c1ncc(N2CCCNCC2)cc1OCC1CCC1. The zero-order valence-corrected chi connectivity index (χ0v) is 11.5. The largest absolute Gasteiger partial charge is 0.492 e. The number of rotatable bonds is 4. The van der Waals surface area contributed by atoms with Gasteiger partial charge >= 0.3 is 0 Å². The summed E-state index contributed by atoms with van der Waals surface area (Å²) in [6.07, 6.45) is 8.98. The molecule has 0 radical (unpaired) electrons. The molecule has 0 spiro atoms. The van der Waals surface area contributed by atoms with Crippen LogP contribution >= 0.6 is 0 Å². The van der Waals surface area contributed by atoms with E-state index in [1.807, 2.05) is 12.4 Å². The molecule has 0 aromatic carbocycles. The van der Waals surface area contributed by atoms with Gasteiger partial charge in [0, 0.05) is 25.7 Å². The highest BCUT2D eigenvalue weighted by Gasteiger charge is 2.18. The van der Waals surface area contributed by atoms with Gasteiger partial charge in [0.2, 0.25) is 0 Å². The zero-order chi connectivity index (χ0) is 12.9. The maximum Gasteiger partial charge on any atom is 0.139 e. The summed E-state index contributed by atoms with van der Waals surface area (Å²) < 4.78 is 5.87. The lowest BCUT2D eigenvalue weighted by molar-refractivity contribution is 0.180. The molecule has 2 fully saturated rings. The highest BCUT2D eigenvalue weighted by Crippen LogP contribution is 2.27. The van der Waals surface area contributed by atoms with Crippen molar-refractivity contribution in [2.24, 2.45) is 5.92 Å². The van der Waals surface area contributed by atoms with Crippen molar-refractivity contribution in [2.45, 2.75) is 25.7 Å². The summed E-state index contributed by atoms with van der Waals surface area (Å²) in [4.78, 5) is 6.72. The third-order valence-electron chi connectivity index (χ3n) is 4.11. The van der Waals surface area contributed by atoms with Crippen molar-refractivity contribution in [1.82, 2.24) is 10.3 Å². The predicted molar refractivity (Wildman–Crippen MR) is 76.8 cm³/mol. The van der Waals surface area contributed by atoms with Gasteiger partial charge in [-0.15, -0.1) is 0 Å². The van der Waals surface area contributed by atoms with E-state index in [-0.39, 0.29) is 0 Å². The number of hydrogen-bond acceptors (Lipinski definition) is 4. The van der Waals surface area contributed by atoms with Crippen molar-refractivity contribution in [2.75, 3.05) is 37.7 Å². The van der Waals surface area contributed by atoms with Crippen LogP contribution in [0.5, 0.6) is 5.75 Å². The average molecular weight is 261 g/mol. The second-order valence-corrected chi connectivity index (χ2v) is 5.58. The van der Waals surface area contributed by atoms with Gasteiger partial charge in [-0.25, -0.2) is 0 Å².